The van der Waals surface area contributed by atoms with Crippen LogP contribution in [0.3, 0.4) is 0 Å². The maximum absolute atomic E-state index is 4.29. The summed E-state index contributed by atoms with van der Waals surface area (Å²) in [6.07, 6.45) is 9.33. The van der Waals surface area contributed by atoms with Crippen molar-refractivity contribution in [1.29, 1.82) is 0 Å². The van der Waals surface area contributed by atoms with E-state index in [9.17, 15) is 0 Å². The number of nitrogens with zero attached hydrogens (tertiary/aromatic N) is 2. The second-order valence-electron chi connectivity index (χ2n) is 2.71. The van der Waals surface area contributed by atoms with Gasteiger partial charge in [0, 0.05) is 12.4 Å². The number of aliphatic imine (C=N–C) groups is 1. The molecule has 0 saturated carbocycles. The fraction of sp³-hybridized carbons (Fsp3) is 0.167. The van der Waals surface area contributed by atoms with Crippen LogP contribution in [0.5, 0.6) is 0 Å². The fourth-order valence-electron chi connectivity index (χ4n) is 1.02. The summed E-state index contributed by atoms with van der Waals surface area (Å²) in [6, 6.07) is 5.80. The molecule has 0 amide bonds. The van der Waals surface area contributed by atoms with Gasteiger partial charge < -0.3 is 0 Å². The minimum absolute atomic E-state index is 0.881. The van der Waals surface area contributed by atoms with Gasteiger partial charge in [0.1, 0.15) is 0 Å². The highest BCUT2D eigenvalue weighted by Crippen LogP contribution is 1.99. The first-order valence-corrected chi connectivity index (χ1v) is 4.61. The van der Waals surface area contributed by atoms with Crippen molar-refractivity contribution in [3.8, 4) is 0 Å². The third-order valence-electron chi connectivity index (χ3n) is 1.61. The molecule has 72 valence electrons. The van der Waals surface area contributed by atoms with Gasteiger partial charge >= 0.3 is 0 Å². The molecule has 1 aromatic heterocycles. The second kappa shape index (κ2) is 5.86. The van der Waals surface area contributed by atoms with Gasteiger partial charge in [-0.3, -0.25) is 9.98 Å². The highest BCUT2D eigenvalue weighted by atomic mass is 14.8. The molecular formula is C12H14N2. The second-order valence-corrected chi connectivity index (χ2v) is 2.71. The first kappa shape index (κ1) is 10.4. The van der Waals surface area contributed by atoms with E-state index < -0.39 is 0 Å². The van der Waals surface area contributed by atoms with Crippen molar-refractivity contribution in [2.45, 2.75) is 13.8 Å². The van der Waals surface area contributed by atoms with Crippen molar-refractivity contribution in [2.24, 2.45) is 4.99 Å². The lowest BCUT2D eigenvalue weighted by molar-refractivity contribution is 1.29. The van der Waals surface area contributed by atoms with Crippen molar-refractivity contribution >= 4 is 5.71 Å². The molecule has 0 aromatic carbocycles. The zero-order chi connectivity index (χ0) is 10.2. The van der Waals surface area contributed by atoms with E-state index >= 15 is 0 Å². The normalized spacial score (nSPS) is 12.9. The number of hydrogen-bond acceptors (Lipinski definition) is 2. The van der Waals surface area contributed by atoms with Gasteiger partial charge in [0.05, 0.1) is 11.4 Å². The van der Waals surface area contributed by atoms with E-state index in [4.69, 9.17) is 0 Å². The molecule has 0 bridgehead atoms. The molecule has 0 spiro atoms. The number of hydrogen-bond donors (Lipinski definition) is 0. The molecule has 0 aliphatic carbocycles. The topological polar surface area (TPSA) is 25.2 Å². The van der Waals surface area contributed by atoms with E-state index in [1.54, 1.807) is 12.4 Å². The summed E-state index contributed by atoms with van der Waals surface area (Å²) in [5.41, 5.74) is 1.77. The van der Waals surface area contributed by atoms with Gasteiger partial charge in [-0.25, -0.2) is 0 Å². The number of aromatic nitrogens is 1. The number of rotatable bonds is 3. The van der Waals surface area contributed by atoms with Gasteiger partial charge in [-0.2, -0.15) is 0 Å². The molecule has 2 heteroatoms. The molecule has 0 fully saturated rings. The maximum Gasteiger partial charge on any atom is 0.0885 e. The average Bonchev–Trinajstić information content (AvgIpc) is 2.25. The van der Waals surface area contributed by atoms with Crippen molar-refractivity contribution in [2.75, 3.05) is 0 Å². The predicted octanol–water partition coefficient (Wildman–Crippen LogP) is 2.98. The Morgan fingerprint density at radius 3 is 2.71 bits per heavy atom. The smallest absolute Gasteiger partial charge is 0.0885 e. The van der Waals surface area contributed by atoms with Crippen LogP contribution < -0.4 is 0 Å². The Morgan fingerprint density at radius 1 is 1.29 bits per heavy atom. The van der Waals surface area contributed by atoms with Gasteiger partial charge in [-0.05, 0) is 32.1 Å². The monoisotopic (exact) mass is 186 g/mol. The summed E-state index contributed by atoms with van der Waals surface area (Å²) in [7, 11) is 0. The van der Waals surface area contributed by atoms with Crippen molar-refractivity contribution in [3.63, 3.8) is 0 Å². The van der Waals surface area contributed by atoms with Gasteiger partial charge in [-0.15, -0.1) is 0 Å². The maximum atomic E-state index is 4.29. The molecule has 14 heavy (non-hydrogen) atoms. The van der Waals surface area contributed by atoms with Crippen molar-refractivity contribution in [3.05, 3.63) is 54.5 Å². The number of pyridine rings is 1. The molecule has 0 saturated heterocycles. The molecule has 0 aliphatic heterocycles. The minimum Gasteiger partial charge on any atom is -0.255 e. The highest BCUT2D eigenvalue weighted by Gasteiger charge is 1.97. The molecular weight excluding hydrogens is 172 g/mol. The molecule has 2 nitrogen and oxygen atoms in total. The lowest BCUT2D eigenvalue weighted by Gasteiger charge is -1.97. The molecule has 1 aromatic rings. The molecule has 0 atom stereocenters. The molecule has 1 rings (SSSR count). The van der Waals surface area contributed by atoms with E-state index in [1.165, 1.54) is 0 Å². The molecule has 0 radical (unpaired) electrons. The van der Waals surface area contributed by atoms with Crippen LogP contribution in [-0.2, 0) is 0 Å². The van der Waals surface area contributed by atoms with Crippen molar-refractivity contribution < 1.29 is 0 Å². The summed E-state index contributed by atoms with van der Waals surface area (Å²) >= 11 is 0. The van der Waals surface area contributed by atoms with Gasteiger partial charge in [0.25, 0.3) is 0 Å². The quantitative estimate of drug-likeness (QED) is 0.666. The molecule has 1 heterocycles. The average molecular weight is 186 g/mol. The third-order valence-corrected chi connectivity index (χ3v) is 1.61. The van der Waals surface area contributed by atoms with E-state index in [2.05, 4.69) is 9.98 Å². The standard InChI is InChI=1S/C12H14N2/c1-3-7-11(13-9-4-2)12-8-5-6-10-14-12/h3-10H,1-2H3/b7-3-,9-4-,13-11+. The Labute approximate surface area is 84.7 Å². The predicted molar refractivity (Wildman–Crippen MR) is 60.4 cm³/mol. The SMILES string of the molecule is C\C=C/N=C(\C=C/C)c1ccccn1. The Hall–Kier alpha value is -1.70. The van der Waals surface area contributed by atoms with Crippen LogP contribution in [-0.4, -0.2) is 10.7 Å². The minimum atomic E-state index is 0.881. The van der Waals surface area contributed by atoms with Crippen LogP contribution in [0.15, 0.2) is 53.8 Å². The van der Waals surface area contributed by atoms with Gasteiger partial charge in [0.2, 0.25) is 0 Å². The third kappa shape index (κ3) is 2.98. The Bertz CT molecular complexity index is 348. The van der Waals surface area contributed by atoms with E-state index in [1.807, 2.05) is 50.3 Å². The van der Waals surface area contributed by atoms with Crippen LogP contribution in [0.25, 0.3) is 0 Å². The van der Waals surface area contributed by atoms with Gasteiger partial charge in [0.15, 0.2) is 0 Å². The summed E-state index contributed by atoms with van der Waals surface area (Å²) in [4.78, 5) is 8.52. The van der Waals surface area contributed by atoms with Crippen LogP contribution >= 0.6 is 0 Å². The Kier molecular flexibility index (Phi) is 4.35. The Balaban J connectivity index is 3.00. The molecule has 0 aliphatic rings. The van der Waals surface area contributed by atoms with E-state index in [0.717, 1.165) is 11.4 Å². The summed E-state index contributed by atoms with van der Waals surface area (Å²) in [5, 5.41) is 0. The van der Waals surface area contributed by atoms with Crippen LogP contribution in [0.4, 0.5) is 0 Å². The first-order valence-electron chi connectivity index (χ1n) is 4.61. The highest BCUT2D eigenvalue weighted by molar-refractivity contribution is 6.07. The fourth-order valence-corrected chi connectivity index (χ4v) is 1.02. The Morgan fingerprint density at radius 2 is 2.14 bits per heavy atom. The van der Waals surface area contributed by atoms with Crippen LogP contribution in [0.2, 0.25) is 0 Å². The zero-order valence-corrected chi connectivity index (χ0v) is 8.51. The van der Waals surface area contributed by atoms with E-state index in [0.29, 0.717) is 0 Å². The van der Waals surface area contributed by atoms with Crippen LogP contribution in [0, 0.1) is 0 Å². The summed E-state index contributed by atoms with van der Waals surface area (Å²) in [5.74, 6) is 0. The summed E-state index contributed by atoms with van der Waals surface area (Å²) < 4.78 is 0. The lowest BCUT2D eigenvalue weighted by atomic mass is 10.2. The first-order chi connectivity index (χ1) is 6.88. The van der Waals surface area contributed by atoms with Gasteiger partial charge in [-0.1, -0.05) is 18.2 Å². The lowest BCUT2D eigenvalue weighted by Crippen LogP contribution is -1.98. The summed E-state index contributed by atoms with van der Waals surface area (Å²) in [6.45, 7) is 3.91. The molecule has 0 N–H and O–H groups in total. The van der Waals surface area contributed by atoms with Crippen molar-refractivity contribution in [1.82, 2.24) is 4.98 Å². The van der Waals surface area contributed by atoms with Crippen LogP contribution in [0.1, 0.15) is 19.5 Å². The zero-order valence-electron chi connectivity index (χ0n) is 8.51. The largest absolute Gasteiger partial charge is 0.255 e. The number of allylic oxidation sites excluding steroid dienone is 3. The van der Waals surface area contributed by atoms with E-state index in [-0.39, 0.29) is 0 Å². The molecule has 0 unspecified atom stereocenters.